The summed E-state index contributed by atoms with van der Waals surface area (Å²) in [5.41, 5.74) is 11.0. The van der Waals surface area contributed by atoms with Crippen LogP contribution in [0, 0.1) is 97.6 Å². The number of aliphatic hydroxyl groups excluding tert-OH is 1. The van der Waals surface area contributed by atoms with Crippen molar-refractivity contribution in [2.45, 2.75) is 217 Å². The van der Waals surface area contributed by atoms with E-state index in [-0.39, 0.29) is 16.9 Å². The molecule has 0 heterocycles. The van der Waals surface area contributed by atoms with Crippen LogP contribution in [-0.2, 0) is 9.59 Å². The molecule has 0 radical (unpaired) electrons. The Morgan fingerprint density at radius 3 is 1.36 bits per heavy atom. The number of ketones is 2. The summed E-state index contributed by atoms with van der Waals surface area (Å²) in [5, 5.41) is 10.00. The number of carbonyl (C=O) groups excluding carboxylic acids is 2. The van der Waals surface area contributed by atoms with Crippen molar-refractivity contribution in [3.05, 3.63) is 70.4 Å². The van der Waals surface area contributed by atoms with E-state index in [9.17, 15) is 14.7 Å². The second kappa shape index (κ2) is 17.2. The Hall–Kier alpha value is -2.26. The summed E-state index contributed by atoms with van der Waals surface area (Å²) in [6, 6.07) is 0. The molecule has 67 heavy (non-hydrogen) atoms. The maximum Gasteiger partial charge on any atom is 0.156 e. The molecule has 18 atom stereocenters. The molecular weight excluding hydrogens is 817 g/mol. The predicted molar refractivity (Wildman–Crippen MR) is 277 cm³/mol. The van der Waals surface area contributed by atoms with Crippen LogP contribution in [0.1, 0.15) is 210 Å². The average molecular weight is 911 g/mol. The molecule has 12 aliphatic rings. The van der Waals surface area contributed by atoms with E-state index in [2.05, 4.69) is 99.3 Å². The van der Waals surface area contributed by atoms with Crippen LogP contribution in [0.15, 0.2) is 70.4 Å². The molecule has 0 aliphatic heterocycles. The SMILES string of the molecule is C=C(C)C1=CCC2C3CC=C4CC(C)CCC4(C)C3CCC12C.CC(=O)C1=CCC2C3CC=C4CC(C)CCC4(C)C3CCC12C.CC12CCC3C(CC=C4C[C@@H](O)CCC43C)C1CCC2=O. The van der Waals surface area contributed by atoms with Gasteiger partial charge in [0.2, 0.25) is 0 Å². The molecular formula is C64H94O3. The molecule has 3 nitrogen and oxygen atoms in total. The van der Waals surface area contributed by atoms with Gasteiger partial charge in [-0.1, -0.05) is 115 Å². The Morgan fingerprint density at radius 1 is 0.493 bits per heavy atom. The lowest BCUT2D eigenvalue weighted by Crippen LogP contribution is -2.50. The van der Waals surface area contributed by atoms with E-state index in [1.807, 2.05) is 5.57 Å². The Morgan fingerprint density at radius 2 is 0.881 bits per heavy atom. The second-order valence-electron chi connectivity index (χ2n) is 27.7. The van der Waals surface area contributed by atoms with E-state index in [1.54, 1.807) is 18.1 Å². The van der Waals surface area contributed by atoms with Crippen molar-refractivity contribution < 1.29 is 14.7 Å². The lowest BCUT2D eigenvalue weighted by Gasteiger charge is -2.58. The summed E-state index contributed by atoms with van der Waals surface area (Å²) in [4.78, 5) is 24.5. The normalized spacial score (nSPS) is 50.0. The number of hydrogen-bond acceptors (Lipinski definition) is 3. The van der Waals surface area contributed by atoms with Crippen LogP contribution < -0.4 is 0 Å². The third-order valence-corrected chi connectivity index (χ3v) is 24.5. The Balaban J connectivity index is 0.000000118. The zero-order valence-corrected chi connectivity index (χ0v) is 44.3. The van der Waals surface area contributed by atoms with Gasteiger partial charge in [-0.15, -0.1) is 0 Å². The first-order chi connectivity index (χ1) is 31.7. The summed E-state index contributed by atoms with van der Waals surface area (Å²) >= 11 is 0. The molecule has 0 aromatic carbocycles. The van der Waals surface area contributed by atoms with Crippen molar-refractivity contribution in [3.63, 3.8) is 0 Å². The molecule has 3 heteroatoms. The van der Waals surface area contributed by atoms with E-state index in [4.69, 9.17) is 0 Å². The van der Waals surface area contributed by atoms with Gasteiger partial charge < -0.3 is 5.11 Å². The standard InChI is InChI=1S/C23H34.C22H32O.C19H28O2/c1-15(2)19-8-9-20-18-7-6-17-14-16(3)10-12-22(17,4)21(18)11-13-23(19,20)5;1-14-9-11-21(3)16(13-14)5-6-17-19-8-7-18(15(2)23)22(19,4)12-10-20(17)21;1-18-9-7-13(20)11-12(18)3-4-14-15-5-6-17(21)19(15,2)10-8-16(14)18/h6,8,16,18,20-21H,1,7,9-14H2,2-5H3;5,7,14,17,19-20H,6,8-13H2,1-4H3;3,13-16,20H,4-11H2,1-2H3/t;;13-,14?,15?,16?,18?,19?/m..0/s1. The van der Waals surface area contributed by atoms with Gasteiger partial charge in [0.15, 0.2) is 5.78 Å². The zero-order valence-electron chi connectivity index (χ0n) is 44.3. The van der Waals surface area contributed by atoms with Crippen LogP contribution in [0.25, 0.3) is 0 Å². The van der Waals surface area contributed by atoms with Gasteiger partial charge in [0.25, 0.3) is 0 Å². The number of fused-ring (bicyclic) bond motifs is 15. The van der Waals surface area contributed by atoms with Crippen molar-refractivity contribution in [2.75, 3.05) is 0 Å². The summed E-state index contributed by atoms with van der Waals surface area (Å²) in [6.07, 6.45) is 39.6. The maximum absolute atomic E-state index is 12.4. The van der Waals surface area contributed by atoms with Crippen molar-refractivity contribution in [1.29, 1.82) is 0 Å². The number of Topliss-reactive ketones (excluding diaryl/α,β-unsaturated/α-hetero) is 2. The van der Waals surface area contributed by atoms with E-state index in [0.717, 1.165) is 104 Å². The highest BCUT2D eigenvalue weighted by atomic mass is 16.3. The summed E-state index contributed by atoms with van der Waals surface area (Å²) in [6.45, 7) is 28.0. The van der Waals surface area contributed by atoms with Gasteiger partial charge in [-0.05, 0) is 252 Å². The van der Waals surface area contributed by atoms with Crippen LogP contribution in [0.2, 0.25) is 0 Å². The average Bonchev–Trinajstić information content (AvgIpc) is 3.94. The quantitative estimate of drug-likeness (QED) is 0.281. The molecule has 368 valence electrons. The number of carbonyl (C=O) groups is 2. The molecule has 7 fully saturated rings. The third kappa shape index (κ3) is 7.52. The second-order valence-corrected chi connectivity index (χ2v) is 27.7. The van der Waals surface area contributed by atoms with Crippen molar-refractivity contribution in [1.82, 2.24) is 0 Å². The van der Waals surface area contributed by atoms with Crippen LogP contribution in [-0.4, -0.2) is 22.8 Å². The minimum absolute atomic E-state index is 0.0168. The summed E-state index contributed by atoms with van der Waals surface area (Å²) < 4.78 is 0. The maximum atomic E-state index is 12.4. The molecule has 0 aromatic heterocycles. The minimum Gasteiger partial charge on any atom is -0.393 e. The van der Waals surface area contributed by atoms with E-state index in [1.165, 1.54) is 101 Å². The molecule has 0 saturated heterocycles. The monoisotopic (exact) mass is 911 g/mol. The van der Waals surface area contributed by atoms with Gasteiger partial charge in [-0.25, -0.2) is 0 Å². The van der Waals surface area contributed by atoms with E-state index >= 15 is 0 Å². The Kier molecular flexibility index (Phi) is 12.4. The molecule has 7 saturated carbocycles. The fourth-order valence-corrected chi connectivity index (χ4v) is 20.4. The number of hydrogen-bond donors (Lipinski definition) is 1. The lowest BCUT2D eigenvalue weighted by molar-refractivity contribution is -0.132. The fourth-order valence-electron chi connectivity index (χ4n) is 20.4. The van der Waals surface area contributed by atoms with Gasteiger partial charge in [0, 0.05) is 11.8 Å². The number of rotatable bonds is 2. The smallest absolute Gasteiger partial charge is 0.156 e. The molecule has 1 N–H and O–H groups in total. The number of aliphatic hydroxyl groups is 1. The minimum atomic E-state index is -0.122. The highest BCUT2D eigenvalue weighted by Gasteiger charge is 2.60. The van der Waals surface area contributed by atoms with Crippen molar-refractivity contribution in [2.24, 2.45) is 97.6 Å². The van der Waals surface area contributed by atoms with Crippen LogP contribution in [0.3, 0.4) is 0 Å². The molecule has 17 unspecified atom stereocenters. The predicted octanol–water partition coefficient (Wildman–Crippen LogP) is 16.3. The van der Waals surface area contributed by atoms with Crippen molar-refractivity contribution in [3.8, 4) is 0 Å². The molecule has 0 spiro atoms. The molecule has 0 bridgehead atoms. The van der Waals surface area contributed by atoms with Gasteiger partial charge in [-0.2, -0.15) is 0 Å². The Labute approximate surface area is 409 Å². The van der Waals surface area contributed by atoms with Gasteiger partial charge >= 0.3 is 0 Å². The highest BCUT2D eigenvalue weighted by Crippen LogP contribution is 2.68. The lowest BCUT2D eigenvalue weighted by atomic mass is 9.47. The van der Waals surface area contributed by atoms with Crippen LogP contribution in [0.4, 0.5) is 0 Å². The summed E-state index contributed by atoms with van der Waals surface area (Å²) in [5.74, 6) is 9.75. The van der Waals surface area contributed by atoms with Gasteiger partial charge in [-0.3, -0.25) is 9.59 Å². The van der Waals surface area contributed by atoms with Crippen LogP contribution in [0.5, 0.6) is 0 Å². The van der Waals surface area contributed by atoms with Crippen LogP contribution >= 0.6 is 0 Å². The topological polar surface area (TPSA) is 54.4 Å². The molecule has 12 rings (SSSR count). The fraction of sp³-hybridized carbons (Fsp3) is 0.781. The Bertz CT molecular complexity index is 2070. The first-order valence-corrected chi connectivity index (χ1v) is 28.6. The first-order valence-electron chi connectivity index (χ1n) is 28.6. The number of allylic oxidation sites excluding steroid dienone is 10. The van der Waals surface area contributed by atoms with Crippen molar-refractivity contribution >= 4 is 11.6 Å². The first kappa shape index (κ1) is 48.4. The van der Waals surface area contributed by atoms with Gasteiger partial charge in [0.05, 0.1) is 6.10 Å². The third-order valence-electron chi connectivity index (χ3n) is 24.5. The largest absolute Gasteiger partial charge is 0.393 e. The van der Waals surface area contributed by atoms with E-state index in [0.29, 0.717) is 51.0 Å². The molecule has 0 amide bonds. The molecule has 0 aromatic rings. The zero-order chi connectivity index (χ0) is 47.6. The molecule has 12 aliphatic carbocycles. The van der Waals surface area contributed by atoms with E-state index < -0.39 is 0 Å². The highest BCUT2D eigenvalue weighted by molar-refractivity contribution is 5.95. The summed E-state index contributed by atoms with van der Waals surface area (Å²) in [7, 11) is 0. The van der Waals surface area contributed by atoms with Gasteiger partial charge in [0.1, 0.15) is 5.78 Å².